The molecule has 0 bridgehead atoms. The summed E-state index contributed by atoms with van der Waals surface area (Å²) in [5, 5.41) is 12.3. The zero-order chi connectivity index (χ0) is 14.3. The van der Waals surface area contributed by atoms with Gasteiger partial charge in [-0.1, -0.05) is 33.1 Å². The third-order valence-corrected chi connectivity index (χ3v) is 3.93. The van der Waals surface area contributed by atoms with Crippen molar-refractivity contribution >= 4 is 5.97 Å². The van der Waals surface area contributed by atoms with Gasteiger partial charge in [0.2, 0.25) is 0 Å². The van der Waals surface area contributed by atoms with Crippen LogP contribution in [0.5, 0.6) is 0 Å². The summed E-state index contributed by atoms with van der Waals surface area (Å²) in [6, 6.07) is -0.210. The molecule has 0 aromatic heterocycles. The van der Waals surface area contributed by atoms with E-state index in [2.05, 4.69) is 17.3 Å². The summed E-state index contributed by atoms with van der Waals surface area (Å²) in [6.45, 7) is 5.95. The molecule has 1 atom stereocenters. The lowest BCUT2D eigenvalue weighted by molar-refractivity contribution is -0.139. The van der Waals surface area contributed by atoms with E-state index >= 15 is 0 Å². The van der Waals surface area contributed by atoms with Crippen molar-refractivity contribution in [2.45, 2.75) is 64.5 Å². The molecule has 0 saturated heterocycles. The average molecular weight is 270 g/mol. The van der Waals surface area contributed by atoms with Crippen LogP contribution in [-0.2, 0) is 4.79 Å². The Labute approximate surface area is 117 Å². The minimum absolute atomic E-state index is 0.213. The van der Waals surface area contributed by atoms with E-state index in [0.717, 1.165) is 19.0 Å². The van der Waals surface area contributed by atoms with E-state index in [-0.39, 0.29) is 6.04 Å². The lowest BCUT2D eigenvalue weighted by Gasteiger charge is -2.28. The van der Waals surface area contributed by atoms with Crippen molar-refractivity contribution in [1.29, 1.82) is 0 Å². The highest BCUT2D eigenvalue weighted by molar-refractivity contribution is 5.73. The minimum atomic E-state index is -0.736. The van der Waals surface area contributed by atoms with Gasteiger partial charge in [-0.25, -0.2) is 0 Å². The van der Waals surface area contributed by atoms with Crippen molar-refractivity contribution < 1.29 is 9.90 Å². The first-order chi connectivity index (χ1) is 8.99. The maximum absolute atomic E-state index is 11.2. The highest BCUT2D eigenvalue weighted by Gasteiger charge is 2.20. The fraction of sp³-hybridized carbons (Fsp3) is 0.933. The van der Waals surface area contributed by atoms with E-state index in [9.17, 15) is 9.90 Å². The Kier molecular flexibility index (Phi) is 7.39. The molecule has 1 saturated carbocycles. The van der Waals surface area contributed by atoms with Gasteiger partial charge in [-0.3, -0.25) is 4.79 Å². The monoisotopic (exact) mass is 270 g/mol. The SMILES string of the molecule is CC(C)NC(CCN(C)CC1CCCCC1)C(=O)O. The lowest BCUT2D eigenvalue weighted by atomic mass is 9.89. The Bertz CT molecular complexity index is 263. The fourth-order valence-corrected chi connectivity index (χ4v) is 2.93. The minimum Gasteiger partial charge on any atom is -0.480 e. The average Bonchev–Trinajstić information content (AvgIpc) is 2.35. The molecule has 1 unspecified atom stereocenters. The van der Waals surface area contributed by atoms with Crippen LogP contribution < -0.4 is 5.32 Å². The van der Waals surface area contributed by atoms with E-state index in [1.807, 2.05) is 13.8 Å². The number of aliphatic carboxylic acids is 1. The van der Waals surface area contributed by atoms with Crippen LogP contribution in [-0.4, -0.2) is 48.2 Å². The van der Waals surface area contributed by atoms with Gasteiger partial charge in [-0.05, 0) is 38.8 Å². The summed E-state index contributed by atoms with van der Waals surface area (Å²) in [5.41, 5.74) is 0. The van der Waals surface area contributed by atoms with E-state index < -0.39 is 12.0 Å². The number of rotatable bonds is 8. The van der Waals surface area contributed by atoms with Gasteiger partial charge in [0.05, 0.1) is 0 Å². The van der Waals surface area contributed by atoms with Gasteiger partial charge in [-0.2, -0.15) is 0 Å². The molecule has 1 fully saturated rings. The lowest BCUT2D eigenvalue weighted by Crippen LogP contribution is -2.43. The molecule has 4 nitrogen and oxygen atoms in total. The molecule has 1 aliphatic carbocycles. The number of hydrogen-bond donors (Lipinski definition) is 2. The molecule has 0 amide bonds. The molecule has 1 rings (SSSR count). The first kappa shape index (κ1) is 16.4. The zero-order valence-corrected chi connectivity index (χ0v) is 12.7. The molecular weight excluding hydrogens is 240 g/mol. The summed E-state index contributed by atoms with van der Waals surface area (Å²) in [4.78, 5) is 13.5. The maximum atomic E-state index is 11.2. The van der Waals surface area contributed by atoms with Crippen LogP contribution in [0.15, 0.2) is 0 Å². The summed E-state index contributed by atoms with van der Waals surface area (Å²) < 4.78 is 0. The highest BCUT2D eigenvalue weighted by atomic mass is 16.4. The van der Waals surface area contributed by atoms with Crippen molar-refractivity contribution in [3.8, 4) is 0 Å². The van der Waals surface area contributed by atoms with Crippen molar-refractivity contribution in [1.82, 2.24) is 10.2 Å². The number of carboxylic acid groups (broad SMARTS) is 1. The molecule has 4 heteroatoms. The molecule has 112 valence electrons. The van der Waals surface area contributed by atoms with Crippen molar-refractivity contribution in [2.75, 3.05) is 20.1 Å². The molecule has 1 aliphatic rings. The van der Waals surface area contributed by atoms with Gasteiger partial charge >= 0.3 is 5.97 Å². The van der Waals surface area contributed by atoms with Crippen LogP contribution >= 0.6 is 0 Å². The third kappa shape index (κ3) is 6.92. The van der Waals surface area contributed by atoms with Gasteiger partial charge in [0.15, 0.2) is 0 Å². The summed E-state index contributed by atoms with van der Waals surface area (Å²) in [5.74, 6) is 0.0832. The maximum Gasteiger partial charge on any atom is 0.320 e. The highest BCUT2D eigenvalue weighted by Crippen LogP contribution is 2.24. The number of carboxylic acids is 1. The molecule has 0 aliphatic heterocycles. The van der Waals surface area contributed by atoms with E-state index in [4.69, 9.17) is 0 Å². The zero-order valence-electron chi connectivity index (χ0n) is 12.7. The smallest absolute Gasteiger partial charge is 0.320 e. The van der Waals surface area contributed by atoms with Gasteiger partial charge in [0, 0.05) is 12.6 Å². The Morgan fingerprint density at radius 2 is 1.95 bits per heavy atom. The molecule has 0 aromatic rings. The molecular formula is C15H30N2O2. The summed E-state index contributed by atoms with van der Waals surface area (Å²) in [7, 11) is 2.11. The van der Waals surface area contributed by atoms with Crippen molar-refractivity contribution in [3.63, 3.8) is 0 Å². The second-order valence-electron chi connectivity index (χ2n) is 6.27. The Hall–Kier alpha value is -0.610. The molecule has 0 radical (unpaired) electrons. The van der Waals surface area contributed by atoms with Crippen LogP contribution in [0.4, 0.5) is 0 Å². The topological polar surface area (TPSA) is 52.6 Å². The molecule has 0 spiro atoms. The van der Waals surface area contributed by atoms with Crippen LogP contribution in [0, 0.1) is 5.92 Å². The van der Waals surface area contributed by atoms with Gasteiger partial charge in [-0.15, -0.1) is 0 Å². The largest absolute Gasteiger partial charge is 0.480 e. The second-order valence-corrected chi connectivity index (χ2v) is 6.27. The Morgan fingerprint density at radius 3 is 2.47 bits per heavy atom. The predicted molar refractivity (Wildman–Crippen MR) is 78.4 cm³/mol. The predicted octanol–water partition coefficient (Wildman–Crippen LogP) is 2.34. The quantitative estimate of drug-likeness (QED) is 0.711. The van der Waals surface area contributed by atoms with Gasteiger partial charge in [0.1, 0.15) is 6.04 Å². The van der Waals surface area contributed by atoms with E-state index in [1.165, 1.54) is 32.1 Å². The normalized spacial score (nSPS) is 19.0. The second kappa shape index (κ2) is 8.54. The van der Waals surface area contributed by atoms with Crippen LogP contribution in [0.1, 0.15) is 52.4 Å². The first-order valence-corrected chi connectivity index (χ1v) is 7.66. The molecule has 0 aromatic carbocycles. The van der Waals surface area contributed by atoms with E-state index in [0.29, 0.717) is 6.42 Å². The third-order valence-electron chi connectivity index (χ3n) is 3.93. The van der Waals surface area contributed by atoms with Gasteiger partial charge in [0.25, 0.3) is 0 Å². The van der Waals surface area contributed by atoms with Crippen molar-refractivity contribution in [3.05, 3.63) is 0 Å². The summed E-state index contributed by atoms with van der Waals surface area (Å²) in [6.07, 6.45) is 7.49. The number of nitrogens with one attached hydrogen (secondary N) is 1. The Balaban J connectivity index is 2.26. The van der Waals surface area contributed by atoms with Crippen LogP contribution in [0.2, 0.25) is 0 Å². The first-order valence-electron chi connectivity index (χ1n) is 7.66. The Morgan fingerprint density at radius 1 is 1.32 bits per heavy atom. The van der Waals surface area contributed by atoms with Crippen molar-refractivity contribution in [2.24, 2.45) is 5.92 Å². The number of nitrogens with zero attached hydrogens (tertiary/aromatic N) is 1. The molecule has 0 heterocycles. The van der Waals surface area contributed by atoms with E-state index in [1.54, 1.807) is 0 Å². The number of carbonyl (C=O) groups is 1. The summed E-state index contributed by atoms with van der Waals surface area (Å²) >= 11 is 0. The molecule has 2 N–H and O–H groups in total. The molecule has 19 heavy (non-hydrogen) atoms. The van der Waals surface area contributed by atoms with Crippen LogP contribution in [0.25, 0.3) is 0 Å². The van der Waals surface area contributed by atoms with Crippen LogP contribution in [0.3, 0.4) is 0 Å². The standard InChI is InChI=1S/C15H30N2O2/c1-12(2)16-14(15(18)19)9-10-17(3)11-13-7-5-4-6-8-13/h12-14,16H,4-11H2,1-3H3,(H,18,19). The fourth-order valence-electron chi connectivity index (χ4n) is 2.93. The van der Waals surface area contributed by atoms with Gasteiger partial charge < -0.3 is 15.3 Å². The number of hydrogen-bond acceptors (Lipinski definition) is 3.